The van der Waals surface area contributed by atoms with Crippen molar-refractivity contribution in [1.82, 2.24) is 4.31 Å². The zero-order valence-corrected chi connectivity index (χ0v) is 15.2. The number of nitro benzene ring substituents is 1. The molecule has 0 saturated heterocycles. The maximum Gasteiger partial charge on any atom is 0.282 e. The zero-order chi connectivity index (χ0) is 19.3. The van der Waals surface area contributed by atoms with Gasteiger partial charge >= 0.3 is 0 Å². The maximum absolute atomic E-state index is 12.4. The van der Waals surface area contributed by atoms with Gasteiger partial charge in [0.2, 0.25) is 10.0 Å². The van der Waals surface area contributed by atoms with Crippen molar-refractivity contribution in [2.75, 3.05) is 18.4 Å². The third-order valence-electron chi connectivity index (χ3n) is 3.80. The molecule has 0 atom stereocenters. The Kier molecular flexibility index (Phi) is 6.06. The van der Waals surface area contributed by atoms with Crippen LogP contribution in [0.15, 0.2) is 53.4 Å². The summed E-state index contributed by atoms with van der Waals surface area (Å²) in [5, 5.41) is 13.5. The number of nitrogens with zero attached hydrogens (tertiary/aromatic N) is 2. The minimum atomic E-state index is -3.59. The van der Waals surface area contributed by atoms with E-state index in [0.717, 1.165) is 0 Å². The van der Waals surface area contributed by atoms with Gasteiger partial charge in [0.25, 0.3) is 11.6 Å². The number of para-hydroxylation sites is 1. The van der Waals surface area contributed by atoms with Gasteiger partial charge in [0.15, 0.2) is 0 Å². The molecule has 0 heterocycles. The number of carbonyl (C=O) groups is 1. The van der Waals surface area contributed by atoms with Crippen molar-refractivity contribution >= 4 is 27.3 Å². The lowest BCUT2D eigenvalue weighted by Gasteiger charge is -2.18. The number of nitrogens with one attached hydrogen (secondary N) is 1. The van der Waals surface area contributed by atoms with Gasteiger partial charge < -0.3 is 5.32 Å². The summed E-state index contributed by atoms with van der Waals surface area (Å²) >= 11 is 0. The predicted octanol–water partition coefficient (Wildman–Crippen LogP) is 2.88. The summed E-state index contributed by atoms with van der Waals surface area (Å²) in [6, 6.07) is 11.3. The first-order chi connectivity index (χ1) is 12.3. The van der Waals surface area contributed by atoms with Crippen LogP contribution >= 0.6 is 0 Å². The molecule has 0 aromatic heterocycles. The minimum absolute atomic E-state index is 0.0719. The van der Waals surface area contributed by atoms with E-state index in [0.29, 0.717) is 18.8 Å². The highest BCUT2D eigenvalue weighted by atomic mass is 32.2. The van der Waals surface area contributed by atoms with Crippen LogP contribution in [0.3, 0.4) is 0 Å². The molecule has 0 aliphatic heterocycles. The number of sulfonamides is 1. The summed E-state index contributed by atoms with van der Waals surface area (Å²) in [6.45, 7) is 4.22. The molecule has 0 spiro atoms. The molecule has 9 heteroatoms. The van der Waals surface area contributed by atoms with Crippen LogP contribution in [-0.4, -0.2) is 36.6 Å². The summed E-state index contributed by atoms with van der Waals surface area (Å²) in [6.07, 6.45) is 0. The highest BCUT2D eigenvalue weighted by Gasteiger charge is 2.22. The van der Waals surface area contributed by atoms with Crippen molar-refractivity contribution < 1.29 is 18.1 Å². The summed E-state index contributed by atoms with van der Waals surface area (Å²) < 4.78 is 26.2. The number of hydrogen-bond acceptors (Lipinski definition) is 5. The SMILES string of the molecule is CCN(CC)S(=O)(=O)c1ccc(NC(=O)c2ccccc2[N+](=O)[O-])cc1. The van der Waals surface area contributed by atoms with Crippen molar-refractivity contribution in [2.24, 2.45) is 0 Å². The van der Waals surface area contributed by atoms with E-state index in [-0.39, 0.29) is 16.1 Å². The molecule has 2 aromatic carbocycles. The standard InChI is InChI=1S/C17H19N3O5S/c1-3-19(4-2)26(24,25)14-11-9-13(10-12-14)18-17(21)15-7-5-6-8-16(15)20(22)23/h5-12H,3-4H2,1-2H3,(H,18,21). The topological polar surface area (TPSA) is 110 Å². The highest BCUT2D eigenvalue weighted by molar-refractivity contribution is 7.89. The van der Waals surface area contributed by atoms with Gasteiger partial charge in [-0.15, -0.1) is 0 Å². The molecule has 0 fully saturated rings. The number of carbonyl (C=O) groups excluding carboxylic acids is 1. The first-order valence-electron chi connectivity index (χ1n) is 7.96. The number of amides is 1. The molecular formula is C17H19N3O5S. The van der Waals surface area contributed by atoms with E-state index in [4.69, 9.17) is 0 Å². The summed E-state index contributed by atoms with van der Waals surface area (Å²) in [7, 11) is -3.59. The van der Waals surface area contributed by atoms with Crippen molar-refractivity contribution in [3.8, 4) is 0 Å². The van der Waals surface area contributed by atoms with Crippen molar-refractivity contribution in [3.63, 3.8) is 0 Å². The Bertz CT molecular complexity index is 906. The molecule has 2 rings (SSSR count). The van der Waals surface area contributed by atoms with Gasteiger partial charge in [-0.1, -0.05) is 26.0 Å². The second kappa shape index (κ2) is 8.07. The van der Waals surface area contributed by atoms with Gasteiger partial charge in [-0.3, -0.25) is 14.9 Å². The normalized spacial score (nSPS) is 11.3. The van der Waals surface area contributed by atoms with Crippen LogP contribution in [0.4, 0.5) is 11.4 Å². The Balaban J connectivity index is 2.23. The summed E-state index contributed by atoms with van der Waals surface area (Å²) in [5.74, 6) is -0.642. The van der Waals surface area contributed by atoms with E-state index in [2.05, 4.69) is 5.32 Å². The van der Waals surface area contributed by atoms with Gasteiger partial charge in [-0.25, -0.2) is 8.42 Å². The Morgan fingerprint density at radius 3 is 2.19 bits per heavy atom. The molecule has 0 bridgehead atoms. The number of nitro groups is 1. The molecule has 0 aliphatic rings. The Morgan fingerprint density at radius 2 is 1.65 bits per heavy atom. The van der Waals surface area contributed by atoms with E-state index in [9.17, 15) is 23.3 Å². The quantitative estimate of drug-likeness (QED) is 0.589. The molecule has 0 radical (unpaired) electrons. The Labute approximate surface area is 151 Å². The largest absolute Gasteiger partial charge is 0.322 e. The number of rotatable bonds is 7. The maximum atomic E-state index is 12.4. The average Bonchev–Trinajstić information content (AvgIpc) is 2.63. The zero-order valence-electron chi connectivity index (χ0n) is 14.4. The lowest BCUT2D eigenvalue weighted by molar-refractivity contribution is -0.385. The third kappa shape index (κ3) is 4.06. The highest BCUT2D eigenvalue weighted by Crippen LogP contribution is 2.21. The second-order valence-corrected chi connectivity index (χ2v) is 7.28. The number of benzene rings is 2. The predicted molar refractivity (Wildman–Crippen MR) is 97.6 cm³/mol. The third-order valence-corrected chi connectivity index (χ3v) is 5.86. The van der Waals surface area contributed by atoms with E-state index >= 15 is 0 Å². The molecule has 26 heavy (non-hydrogen) atoms. The van der Waals surface area contributed by atoms with Crippen LogP contribution in [0, 0.1) is 10.1 Å². The first kappa shape index (κ1) is 19.5. The molecule has 0 unspecified atom stereocenters. The van der Waals surface area contributed by atoms with Crippen LogP contribution in [-0.2, 0) is 10.0 Å². The van der Waals surface area contributed by atoms with Gasteiger partial charge in [0.1, 0.15) is 5.56 Å². The first-order valence-corrected chi connectivity index (χ1v) is 9.40. The monoisotopic (exact) mass is 377 g/mol. The van der Waals surface area contributed by atoms with E-state index in [1.165, 1.54) is 52.8 Å². The van der Waals surface area contributed by atoms with Crippen LogP contribution in [0.5, 0.6) is 0 Å². The second-order valence-electron chi connectivity index (χ2n) is 5.34. The fourth-order valence-corrected chi connectivity index (χ4v) is 3.90. The molecule has 1 N–H and O–H groups in total. The van der Waals surface area contributed by atoms with Gasteiger partial charge in [0, 0.05) is 24.8 Å². The number of hydrogen-bond donors (Lipinski definition) is 1. The van der Waals surface area contributed by atoms with E-state index in [1.54, 1.807) is 13.8 Å². The lowest BCUT2D eigenvalue weighted by Crippen LogP contribution is -2.30. The van der Waals surface area contributed by atoms with Crippen molar-refractivity contribution in [2.45, 2.75) is 18.7 Å². The Hall–Kier alpha value is -2.78. The molecule has 0 aliphatic carbocycles. The summed E-state index contributed by atoms with van der Waals surface area (Å²) in [4.78, 5) is 22.8. The van der Waals surface area contributed by atoms with Crippen LogP contribution in [0.1, 0.15) is 24.2 Å². The number of anilines is 1. The lowest BCUT2D eigenvalue weighted by atomic mass is 10.1. The summed E-state index contributed by atoms with van der Waals surface area (Å²) in [5.41, 5.74) is -0.0327. The van der Waals surface area contributed by atoms with E-state index in [1.807, 2.05) is 0 Å². The Morgan fingerprint density at radius 1 is 1.08 bits per heavy atom. The van der Waals surface area contributed by atoms with Gasteiger partial charge in [0.05, 0.1) is 9.82 Å². The molecule has 138 valence electrons. The van der Waals surface area contributed by atoms with Gasteiger partial charge in [-0.2, -0.15) is 4.31 Å². The van der Waals surface area contributed by atoms with E-state index < -0.39 is 20.9 Å². The van der Waals surface area contributed by atoms with Crippen molar-refractivity contribution in [3.05, 3.63) is 64.2 Å². The fraction of sp³-hybridized carbons (Fsp3) is 0.235. The molecule has 8 nitrogen and oxygen atoms in total. The fourth-order valence-electron chi connectivity index (χ4n) is 2.45. The van der Waals surface area contributed by atoms with Gasteiger partial charge in [-0.05, 0) is 30.3 Å². The average molecular weight is 377 g/mol. The van der Waals surface area contributed by atoms with Crippen molar-refractivity contribution in [1.29, 1.82) is 0 Å². The van der Waals surface area contributed by atoms with Crippen LogP contribution < -0.4 is 5.32 Å². The van der Waals surface area contributed by atoms with Crippen LogP contribution in [0.25, 0.3) is 0 Å². The molecule has 1 amide bonds. The molecule has 0 saturated carbocycles. The van der Waals surface area contributed by atoms with Crippen LogP contribution in [0.2, 0.25) is 0 Å². The minimum Gasteiger partial charge on any atom is -0.322 e. The smallest absolute Gasteiger partial charge is 0.282 e. The molecule has 2 aromatic rings. The molecular weight excluding hydrogens is 358 g/mol.